The smallest absolute Gasteiger partial charge is 0.329 e. The number of carbonyl (C=O) groups is 2. The number of hydrogen-bond acceptors (Lipinski definition) is 4. The molecule has 0 aromatic heterocycles. The van der Waals surface area contributed by atoms with Gasteiger partial charge in [-0.1, -0.05) is 0 Å². The van der Waals surface area contributed by atoms with Crippen molar-refractivity contribution < 1.29 is 14.3 Å². The van der Waals surface area contributed by atoms with E-state index >= 15 is 0 Å². The van der Waals surface area contributed by atoms with Crippen LogP contribution in [-0.2, 0) is 14.3 Å². The normalized spacial score (nSPS) is 23.4. The number of rotatable bonds is 1. The van der Waals surface area contributed by atoms with Gasteiger partial charge >= 0.3 is 5.97 Å². The van der Waals surface area contributed by atoms with Gasteiger partial charge in [-0.15, -0.1) is 0 Å². The Morgan fingerprint density at radius 1 is 1.36 bits per heavy atom. The van der Waals surface area contributed by atoms with E-state index in [2.05, 4.69) is 4.74 Å². The molecule has 0 saturated carbocycles. The van der Waals surface area contributed by atoms with Crippen molar-refractivity contribution >= 4 is 11.9 Å². The van der Waals surface area contributed by atoms with Gasteiger partial charge in [0, 0.05) is 26.6 Å². The molecule has 5 nitrogen and oxygen atoms in total. The average molecular weight is 200 g/mol. The van der Waals surface area contributed by atoms with Crippen LogP contribution in [0.4, 0.5) is 0 Å². The molecule has 1 fully saturated rings. The van der Waals surface area contributed by atoms with Crippen LogP contribution in [0.3, 0.4) is 0 Å². The molecule has 0 N–H and O–H groups in total. The number of ether oxygens (including phenoxy) is 1. The van der Waals surface area contributed by atoms with Gasteiger partial charge in [-0.05, 0) is 7.05 Å². The Morgan fingerprint density at radius 3 is 2.50 bits per heavy atom. The van der Waals surface area contributed by atoms with Gasteiger partial charge in [0.05, 0.1) is 7.11 Å². The van der Waals surface area contributed by atoms with E-state index in [1.165, 1.54) is 14.0 Å². The molecule has 1 amide bonds. The molecular weight excluding hydrogens is 184 g/mol. The lowest BCUT2D eigenvalue weighted by Crippen LogP contribution is -2.57. The Labute approximate surface area is 83.6 Å². The summed E-state index contributed by atoms with van der Waals surface area (Å²) < 4.78 is 4.66. The molecule has 80 valence electrons. The summed E-state index contributed by atoms with van der Waals surface area (Å²) in [4.78, 5) is 26.2. The van der Waals surface area contributed by atoms with Crippen molar-refractivity contribution in [2.75, 3.05) is 33.8 Å². The third kappa shape index (κ3) is 2.23. The van der Waals surface area contributed by atoms with Crippen LogP contribution in [0.1, 0.15) is 6.92 Å². The predicted octanol–water partition coefficient (Wildman–Crippen LogP) is -0.678. The number of piperazine rings is 1. The minimum Gasteiger partial charge on any atom is -0.467 e. The summed E-state index contributed by atoms with van der Waals surface area (Å²) in [6.45, 7) is 3.41. The molecule has 1 aliphatic heterocycles. The highest BCUT2D eigenvalue weighted by molar-refractivity contribution is 5.83. The van der Waals surface area contributed by atoms with Gasteiger partial charge in [0.2, 0.25) is 5.91 Å². The van der Waals surface area contributed by atoms with Crippen LogP contribution < -0.4 is 0 Å². The monoisotopic (exact) mass is 200 g/mol. The quantitative estimate of drug-likeness (QED) is 0.526. The van der Waals surface area contributed by atoms with Crippen LogP contribution in [-0.4, -0.2) is 61.5 Å². The SMILES string of the molecule is COC(=O)C1CN(C)CCN1C(C)=O. The van der Waals surface area contributed by atoms with Crippen molar-refractivity contribution in [1.29, 1.82) is 0 Å². The zero-order chi connectivity index (χ0) is 10.7. The Kier molecular flexibility index (Phi) is 3.46. The first kappa shape index (κ1) is 11.0. The minimum atomic E-state index is -0.448. The molecule has 1 atom stereocenters. The third-order valence-corrected chi connectivity index (χ3v) is 2.46. The van der Waals surface area contributed by atoms with Crippen molar-refractivity contribution in [3.63, 3.8) is 0 Å². The summed E-state index contributed by atoms with van der Waals surface area (Å²) in [6, 6.07) is -0.448. The molecule has 0 aliphatic carbocycles. The number of likely N-dealkylation sites (N-methyl/N-ethyl adjacent to an activating group) is 1. The van der Waals surface area contributed by atoms with Crippen LogP contribution in [0, 0.1) is 0 Å². The molecule has 14 heavy (non-hydrogen) atoms. The lowest BCUT2D eigenvalue weighted by Gasteiger charge is -2.37. The number of nitrogens with zero attached hydrogens (tertiary/aromatic N) is 2. The molecule has 5 heteroatoms. The van der Waals surface area contributed by atoms with E-state index in [9.17, 15) is 9.59 Å². The molecule has 1 rings (SSSR count). The zero-order valence-corrected chi connectivity index (χ0v) is 8.82. The summed E-state index contributed by atoms with van der Waals surface area (Å²) in [6.07, 6.45) is 0. The minimum absolute atomic E-state index is 0.0755. The predicted molar refractivity (Wildman–Crippen MR) is 50.7 cm³/mol. The van der Waals surface area contributed by atoms with Crippen LogP contribution >= 0.6 is 0 Å². The van der Waals surface area contributed by atoms with E-state index in [1.807, 2.05) is 11.9 Å². The maximum atomic E-state index is 11.4. The van der Waals surface area contributed by atoms with E-state index in [4.69, 9.17) is 0 Å². The van der Waals surface area contributed by atoms with Crippen molar-refractivity contribution in [3.8, 4) is 0 Å². The Bertz CT molecular complexity index is 242. The van der Waals surface area contributed by atoms with Crippen LogP contribution in [0.2, 0.25) is 0 Å². The summed E-state index contributed by atoms with van der Waals surface area (Å²) in [5.74, 6) is -0.416. The summed E-state index contributed by atoms with van der Waals surface area (Å²) in [7, 11) is 3.27. The van der Waals surface area contributed by atoms with Crippen molar-refractivity contribution in [2.45, 2.75) is 13.0 Å². The summed E-state index contributed by atoms with van der Waals surface area (Å²) >= 11 is 0. The highest BCUT2D eigenvalue weighted by Gasteiger charge is 2.33. The van der Waals surface area contributed by atoms with Gasteiger partial charge in [0.1, 0.15) is 6.04 Å². The average Bonchev–Trinajstić information content (AvgIpc) is 2.16. The number of methoxy groups -OCH3 is 1. The van der Waals surface area contributed by atoms with Gasteiger partial charge in [-0.3, -0.25) is 4.79 Å². The first-order valence-corrected chi connectivity index (χ1v) is 4.60. The fraction of sp³-hybridized carbons (Fsp3) is 0.778. The van der Waals surface area contributed by atoms with Gasteiger partial charge in [-0.25, -0.2) is 4.79 Å². The fourth-order valence-electron chi connectivity index (χ4n) is 1.63. The molecule has 0 bridgehead atoms. The van der Waals surface area contributed by atoms with Gasteiger partial charge in [0.15, 0.2) is 0 Å². The number of carbonyl (C=O) groups excluding carboxylic acids is 2. The van der Waals surface area contributed by atoms with E-state index in [1.54, 1.807) is 4.90 Å². The van der Waals surface area contributed by atoms with Gasteiger partial charge in [-0.2, -0.15) is 0 Å². The fourth-order valence-corrected chi connectivity index (χ4v) is 1.63. The molecular formula is C9H16N2O3. The summed E-state index contributed by atoms with van der Waals surface area (Å²) in [5.41, 5.74) is 0. The topological polar surface area (TPSA) is 49.9 Å². The number of amides is 1. The van der Waals surface area contributed by atoms with E-state index in [0.29, 0.717) is 13.1 Å². The van der Waals surface area contributed by atoms with E-state index < -0.39 is 6.04 Å². The van der Waals surface area contributed by atoms with Crippen molar-refractivity contribution in [3.05, 3.63) is 0 Å². The molecule has 1 heterocycles. The lowest BCUT2D eigenvalue weighted by molar-refractivity contribution is -0.155. The molecule has 1 saturated heterocycles. The maximum absolute atomic E-state index is 11.4. The second kappa shape index (κ2) is 4.41. The lowest BCUT2D eigenvalue weighted by atomic mass is 10.2. The zero-order valence-electron chi connectivity index (χ0n) is 8.82. The molecule has 0 spiro atoms. The van der Waals surface area contributed by atoms with Gasteiger partial charge in [0.25, 0.3) is 0 Å². The Balaban J connectivity index is 2.73. The molecule has 0 aromatic rings. The van der Waals surface area contributed by atoms with Crippen LogP contribution in [0.5, 0.6) is 0 Å². The van der Waals surface area contributed by atoms with Crippen molar-refractivity contribution in [2.24, 2.45) is 0 Å². The second-order valence-corrected chi connectivity index (χ2v) is 3.51. The van der Waals surface area contributed by atoms with Gasteiger partial charge < -0.3 is 14.5 Å². The molecule has 1 aliphatic rings. The van der Waals surface area contributed by atoms with E-state index in [0.717, 1.165) is 6.54 Å². The molecule has 0 aromatic carbocycles. The third-order valence-electron chi connectivity index (χ3n) is 2.46. The first-order valence-electron chi connectivity index (χ1n) is 4.60. The first-order chi connectivity index (χ1) is 6.56. The Morgan fingerprint density at radius 2 is 2.00 bits per heavy atom. The maximum Gasteiger partial charge on any atom is 0.329 e. The van der Waals surface area contributed by atoms with Crippen molar-refractivity contribution in [1.82, 2.24) is 9.80 Å². The Hall–Kier alpha value is -1.10. The largest absolute Gasteiger partial charge is 0.467 e. The highest BCUT2D eigenvalue weighted by atomic mass is 16.5. The number of esters is 1. The second-order valence-electron chi connectivity index (χ2n) is 3.51. The molecule has 1 unspecified atom stereocenters. The number of hydrogen-bond donors (Lipinski definition) is 0. The summed E-state index contributed by atoms with van der Waals surface area (Å²) in [5, 5.41) is 0. The standard InChI is InChI=1S/C9H16N2O3/c1-7(12)11-5-4-10(2)6-8(11)9(13)14-3/h8H,4-6H2,1-3H3. The van der Waals surface area contributed by atoms with Crippen LogP contribution in [0.15, 0.2) is 0 Å². The van der Waals surface area contributed by atoms with E-state index in [-0.39, 0.29) is 11.9 Å². The highest BCUT2D eigenvalue weighted by Crippen LogP contribution is 2.09. The van der Waals surface area contributed by atoms with Crippen LogP contribution in [0.25, 0.3) is 0 Å². The molecule has 0 radical (unpaired) electrons.